The highest BCUT2D eigenvalue weighted by atomic mass is 79.9. The second-order valence-electron chi connectivity index (χ2n) is 10.6. The van der Waals surface area contributed by atoms with Gasteiger partial charge in [-0.1, -0.05) is 57.9 Å². The largest absolute Gasteiger partial charge is 0.497 e. The number of carbonyl (C=O) groups is 2. The van der Waals surface area contributed by atoms with Crippen molar-refractivity contribution in [2.24, 2.45) is 0 Å². The van der Waals surface area contributed by atoms with Crippen LogP contribution in [0, 0.1) is 0 Å². The number of ketones is 1. The fraction of sp³-hybridized carbons (Fsp3) is 0.424. The molecule has 0 saturated heterocycles. The minimum atomic E-state index is -1.83. The van der Waals surface area contributed by atoms with Gasteiger partial charge >= 0.3 is 0 Å². The highest BCUT2D eigenvalue weighted by Gasteiger charge is 2.34. The topological polar surface area (TPSA) is 116 Å². The van der Waals surface area contributed by atoms with Crippen LogP contribution < -0.4 is 10.1 Å². The van der Waals surface area contributed by atoms with Crippen LogP contribution in [0.3, 0.4) is 0 Å². The zero-order valence-corrected chi connectivity index (χ0v) is 28.2. The number of hydrogen-bond acceptors (Lipinski definition) is 9. The molecular formula is C33H41BrN2O7S. The minimum Gasteiger partial charge on any atom is -0.497 e. The summed E-state index contributed by atoms with van der Waals surface area (Å²) >= 11 is 4.59. The summed E-state index contributed by atoms with van der Waals surface area (Å²) in [5.41, 5.74) is 1.12. The van der Waals surface area contributed by atoms with Crippen molar-refractivity contribution >= 4 is 45.0 Å². The van der Waals surface area contributed by atoms with Crippen LogP contribution >= 0.6 is 27.3 Å². The molecule has 0 unspecified atom stereocenters. The summed E-state index contributed by atoms with van der Waals surface area (Å²) in [7, 11) is 3.18. The van der Waals surface area contributed by atoms with Gasteiger partial charge in [0.15, 0.2) is 5.78 Å². The maximum absolute atomic E-state index is 13.1. The number of rotatable bonds is 10. The van der Waals surface area contributed by atoms with E-state index in [0.29, 0.717) is 18.6 Å². The molecule has 0 fully saturated rings. The van der Waals surface area contributed by atoms with E-state index in [-0.39, 0.29) is 24.6 Å². The number of Topliss-reactive ketones (excluding diaryl/α,β-unsaturated/α-hetero) is 1. The number of aliphatic hydroxyl groups is 1. The van der Waals surface area contributed by atoms with Crippen molar-refractivity contribution in [1.82, 2.24) is 10.3 Å². The lowest BCUT2D eigenvalue weighted by atomic mass is 9.87. The van der Waals surface area contributed by atoms with Crippen LogP contribution in [0.4, 0.5) is 0 Å². The number of nitrogens with one attached hydrogen (secondary N) is 1. The molecule has 1 aliphatic rings. The van der Waals surface area contributed by atoms with Gasteiger partial charge in [0.25, 0.3) is 0 Å². The third-order valence-electron chi connectivity index (χ3n) is 7.08. The molecule has 2 N–H and O–H groups in total. The Bertz CT molecular complexity index is 1360. The van der Waals surface area contributed by atoms with Crippen molar-refractivity contribution < 1.29 is 33.6 Å². The zero-order valence-electron chi connectivity index (χ0n) is 25.7. The SMILES string of the molecule is COCO[C@@H]1/C=C(\C)CC/C([C@@](C)(O)C(=O)CBr)=C\C(=O)N[C@H](C)c2nc(cs2)/C=C\C=C\[C@@H]1OCc1ccc(OC)cc1. The Labute approximate surface area is 271 Å². The maximum Gasteiger partial charge on any atom is 0.244 e. The molecule has 0 saturated carbocycles. The van der Waals surface area contributed by atoms with Crippen LogP contribution in [0.2, 0.25) is 0 Å². The Morgan fingerprint density at radius 2 is 1.91 bits per heavy atom. The van der Waals surface area contributed by atoms with Crippen molar-refractivity contribution in [3.8, 4) is 5.75 Å². The molecule has 2 bridgehead atoms. The molecule has 1 aromatic carbocycles. The van der Waals surface area contributed by atoms with Crippen LogP contribution in [-0.2, 0) is 30.4 Å². The molecule has 1 aromatic heterocycles. The summed E-state index contributed by atoms with van der Waals surface area (Å²) in [6, 6.07) is 7.29. The monoisotopic (exact) mass is 688 g/mol. The molecule has 0 spiro atoms. The van der Waals surface area contributed by atoms with E-state index in [0.717, 1.165) is 27.6 Å². The van der Waals surface area contributed by atoms with Crippen LogP contribution in [0.15, 0.2) is 71.2 Å². The molecule has 44 heavy (non-hydrogen) atoms. The van der Waals surface area contributed by atoms with Gasteiger partial charge in [0, 0.05) is 18.6 Å². The summed E-state index contributed by atoms with van der Waals surface area (Å²) in [5, 5.41) is 16.7. The molecule has 238 valence electrons. The van der Waals surface area contributed by atoms with Crippen molar-refractivity contribution in [3.63, 3.8) is 0 Å². The fourth-order valence-corrected chi connectivity index (χ4v) is 5.74. The number of thiazole rings is 1. The van der Waals surface area contributed by atoms with Gasteiger partial charge in [-0.25, -0.2) is 4.98 Å². The van der Waals surface area contributed by atoms with Crippen molar-refractivity contribution in [3.05, 3.63) is 87.4 Å². The molecule has 9 nitrogen and oxygen atoms in total. The van der Waals surface area contributed by atoms with Gasteiger partial charge < -0.3 is 29.4 Å². The van der Waals surface area contributed by atoms with Gasteiger partial charge in [-0.15, -0.1) is 11.3 Å². The maximum atomic E-state index is 13.1. The van der Waals surface area contributed by atoms with E-state index in [9.17, 15) is 14.7 Å². The Morgan fingerprint density at radius 3 is 2.59 bits per heavy atom. The standard InChI is InChI=1S/C33H41BrN2O7S/c1-22-10-13-25(33(3,39)30(37)18-34)17-31(38)35-23(2)32-36-26(20-44-32)8-6-7-9-28(29(16-22)43-21-40-4)42-19-24-11-14-27(41-5)15-12-24/h6-9,11-12,14-17,20,23,28-29,39H,10,13,18-19,21H2,1-5H3,(H,35,38)/b8-6-,9-7+,22-16+,25-17+/t23-,28+,29-,33-/m1/s1. The average Bonchev–Trinajstić information content (AvgIpc) is 3.49. The highest BCUT2D eigenvalue weighted by Crippen LogP contribution is 2.27. The first-order chi connectivity index (χ1) is 21.1. The normalized spacial score (nSPS) is 25.2. The number of aromatic nitrogens is 1. The molecule has 4 atom stereocenters. The number of allylic oxidation sites excluding steroid dienone is 3. The molecule has 2 heterocycles. The smallest absolute Gasteiger partial charge is 0.244 e. The number of benzene rings is 1. The van der Waals surface area contributed by atoms with Crippen LogP contribution in [0.25, 0.3) is 6.08 Å². The fourth-order valence-electron chi connectivity index (χ4n) is 4.40. The predicted molar refractivity (Wildman–Crippen MR) is 176 cm³/mol. The lowest BCUT2D eigenvalue weighted by molar-refractivity contribution is -0.129. The number of carbonyl (C=O) groups excluding carboxylic acids is 2. The summed E-state index contributed by atoms with van der Waals surface area (Å²) in [6.07, 6.45) is 10.6. The minimum absolute atomic E-state index is 0.0418. The van der Waals surface area contributed by atoms with E-state index in [4.69, 9.17) is 18.9 Å². The molecule has 1 amide bonds. The van der Waals surface area contributed by atoms with Crippen LogP contribution in [0.1, 0.15) is 55.9 Å². The van der Waals surface area contributed by atoms with Gasteiger partial charge in [0.1, 0.15) is 35.4 Å². The number of fused-ring (bicyclic) bond motifs is 2. The Hall–Kier alpha value is -2.93. The average molecular weight is 690 g/mol. The summed E-state index contributed by atoms with van der Waals surface area (Å²) < 4.78 is 22.9. The number of hydrogen-bond donors (Lipinski definition) is 2. The number of ether oxygens (including phenoxy) is 4. The number of methoxy groups -OCH3 is 2. The Balaban J connectivity index is 2.00. The molecule has 11 heteroatoms. The molecule has 0 radical (unpaired) electrons. The lowest BCUT2D eigenvalue weighted by Gasteiger charge is -2.26. The zero-order chi connectivity index (χ0) is 32.1. The van der Waals surface area contributed by atoms with Crippen molar-refractivity contribution in [2.75, 3.05) is 26.3 Å². The number of nitrogens with zero attached hydrogens (tertiary/aromatic N) is 1. The van der Waals surface area contributed by atoms with E-state index in [1.807, 2.05) is 73.9 Å². The van der Waals surface area contributed by atoms with E-state index >= 15 is 0 Å². The third-order valence-corrected chi connectivity index (χ3v) is 8.64. The predicted octanol–water partition coefficient (Wildman–Crippen LogP) is 5.85. The molecule has 2 aromatic rings. The van der Waals surface area contributed by atoms with E-state index in [2.05, 4.69) is 26.2 Å². The van der Waals surface area contributed by atoms with E-state index < -0.39 is 29.5 Å². The van der Waals surface area contributed by atoms with Crippen molar-refractivity contribution in [1.29, 1.82) is 0 Å². The first kappa shape index (κ1) is 35.5. The molecule has 0 aliphatic carbocycles. The van der Waals surface area contributed by atoms with Gasteiger partial charge in [-0.2, -0.15) is 0 Å². The first-order valence-corrected chi connectivity index (χ1v) is 16.2. The van der Waals surface area contributed by atoms with Gasteiger partial charge in [-0.05, 0) is 63.0 Å². The first-order valence-electron chi connectivity index (χ1n) is 14.2. The highest BCUT2D eigenvalue weighted by molar-refractivity contribution is 9.09. The molecule has 3 rings (SSSR count). The summed E-state index contributed by atoms with van der Waals surface area (Å²) in [6.45, 7) is 5.57. The summed E-state index contributed by atoms with van der Waals surface area (Å²) in [5.74, 6) is -0.0956. The quantitative estimate of drug-likeness (QED) is 0.181. The van der Waals surface area contributed by atoms with Crippen LogP contribution in [0.5, 0.6) is 5.75 Å². The second-order valence-corrected chi connectivity index (χ2v) is 12.0. The Morgan fingerprint density at radius 1 is 1.16 bits per heavy atom. The van der Waals surface area contributed by atoms with Crippen LogP contribution in [-0.4, -0.2) is 65.9 Å². The molecule has 1 aliphatic heterocycles. The van der Waals surface area contributed by atoms with Gasteiger partial charge in [0.2, 0.25) is 5.91 Å². The number of alkyl halides is 1. The second kappa shape index (κ2) is 17.5. The Kier molecular flexibility index (Phi) is 14.2. The summed E-state index contributed by atoms with van der Waals surface area (Å²) in [4.78, 5) is 30.4. The number of amides is 1. The number of halogens is 1. The van der Waals surface area contributed by atoms with E-state index in [1.165, 1.54) is 24.3 Å². The lowest BCUT2D eigenvalue weighted by Crippen LogP contribution is -2.39. The van der Waals surface area contributed by atoms with Gasteiger partial charge in [-0.3, -0.25) is 9.59 Å². The van der Waals surface area contributed by atoms with Gasteiger partial charge in [0.05, 0.1) is 30.8 Å². The van der Waals surface area contributed by atoms with E-state index in [1.54, 1.807) is 14.2 Å². The molecular weight excluding hydrogens is 648 g/mol. The van der Waals surface area contributed by atoms with Crippen molar-refractivity contribution in [2.45, 2.75) is 64.1 Å². The third kappa shape index (κ3) is 10.6.